The molecule has 3 amide bonds. The molecule has 2 aromatic heterocycles. The summed E-state index contributed by atoms with van der Waals surface area (Å²) in [6.45, 7) is 0.313. The molecule has 4 rings (SSSR count). The van der Waals surface area contributed by atoms with Gasteiger partial charge in [0.05, 0.1) is 5.69 Å². The molecular weight excluding hydrogens is 382 g/mol. The number of urea groups is 1. The molecule has 4 aromatic rings. The molecule has 2 aromatic carbocycles. The normalized spacial score (nSPS) is 10.5. The highest BCUT2D eigenvalue weighted by atomic mass is 16.5. The quantitative estimate of drug-likeness (QED) is 0.458. The Morgan fingerprint density at radius 3 is 2.57 bits per heavy atom. The van der Waals surface area contributed by atoms with Crippen LogP contribution in [0.1, 0.15) is 16.1 Å². The number of nitrogens with two attached hydrogens (primary N) is 1. The molecule has 150 valence electrons. The summed E-state index contributed by atoms with van der Waals surface area (Å²) in [6, 6.07) is 18.7. The fourth-order valence-electron chi connectivity index (χ4n) is 2.93. The molecule has 0 aliphatic carbocycles. The third-order valence-electron chi connectivity index (χ3n) is 4.31. The van der Waals surface area contributed by atoms with Crippen molar-refractivity contribution >= 4 is 29.0 Å². The average Bonchev–Trinajstić information content (AvgIpc) is 3.16. The Balaban J connectivity index is 1.39. The number of hydrogen-bond donors (Lipinski definition) is 3. The average molecular weight is 401 g/mol. The summed E-state index contributed by atoms with van der Waals surface area (Å²) in [5.41, 5.74) is 8.30. The molecule has 0 spiro atoms. The van der Waals surface area contributed by atoms with Gasteiger partial charge in [-0.05, 0) is 48.5 Å². The van der Waals surface area contributed by atoms with E-state index in [9.17, 15) is 9.59 Å². The van der Waals surface area contributed by atoms with Crippen LogP contribution in [0.4, 0.5) is 16.2 Å². The number of anilines is 2. The number of amides is 3. The minimum absolute atomic E-state index is 0.280. The monoisotopic (exact) mass is 401 g/mol. The lowest BCUT2D eigenvalue weighted by molar-refractivity contribution is 0.102. The maximum Gasteiger partial charge on any atom is 0.316 e. The number of carbonyl (C=O) groups is 2. The second-order valence-corrected chi connectivity index (χ2v) is 6.54. The molecule has 0 aliphatic heterocycles. The van der Waals surface area contributed by atoms with Crippen LogP contribution in [0.5, 0.6) is 5.75 Å². The first-order chi connectivity index (χ1) is 14.6. The lowest BCUT2D eigenvalue weighted by Gasteiger charge is -2.09. The fourth-order valence-corrected chi connectivity index (χ4v) is 2.93. The van der Waals surface area contributed by atoms with Gasteiger partial charge in [-0.25, -0.2) is 9.78 Å². The molecule has 0 saturated heterocycles. The maximum atomic E-state index is 12.5. The zero-order chi connectivity index (χ0) is 20.9. The second kappa shape index (κ2) is 8.36. The lowest BCUT2D eigenvalue weighted by atomic mass is 10.2. The van der Waals surface area contributed by atoms with Crippen LogP contribution in [0.25, 0.3) is 5.65 Å². The number of aromatic nitrogens is 2. The summed E-state index contributed by atoms with van der Waals surface area (Å²) in [5, 5.41) is 5.28. The standard InChI is InChI=1S/C22H19N5O3/c23-22(29)26-16-9-7-15(8-10-16)21(28)25-17-4-3-5-19(12-17)30-14-18-13-27-11-2-1-6-20(27)24-18/h1-13H,14H2,(H,25,28)(H3,23,26,29). The Labute approximate surface area is 172 Å². The number of pyridine rings is 1. The van der Waals surface area contributed by atoms with Gasteiger partial charge in [-0.1, -0.05) is 12.1 Å². The van der Waals surface area contributed by atoms with Gasteiger partial charge in [-0.2, -0.15) is 0 Å². The summed E-state index contributed by atoms with van der Waals surface area (Å²) < 4.78 is 7.75. The minimum Gasteiger partial charge on any atom is -0.487 e. The van der Waals surface area contributed by atoms with Crippen molar-refractivity contribution in [1.29, 1.82) is 0 Å². The number of hydrogen-bond acceptors (Lipinski definition) is 4. The Morgan fingerprint density at radius 1 is 0.967 bits per heavy atom. The smallest absolute Gasteiger partial charge is 0.316 e. The van der Waals surface area contributed by atoms with Gasteiger partial charge in [0.15, 0.2) is 0 Å². The summed E-state index contributed by atoms with van der Waals surface area (Å²) in [6.07, 6.45) is 3.84. The van der Waals surface area contributed by atoms with E-state index < -0.39 is 6.03 Å². The summed E-state index contributed by atoms with van der Waals surface area (Å²) in [4.78, 5) is 27.8. The first kappa shape index (κ1) is 19.0. The van der Waals surface area contributed by atoms with Gasteiger partial charge >= 0.3 is 6.03 Å². The third-order valence-corrected chi connectivity index (χ3v) is 4.31. The van der Waals surface area contributed by atoms with E-state index in [-0.39, 0.29) is 5.91 Å². The lowest BCUT2D eigenvalue weighted by Crippen LogP contribution is -2.19. The largest absolute Gasteiger partial charge is 0.487 e. The number of primary amides is 1. The van der Waals surface area contributed by atoms with Crippen LogP contribution >= 0.6 is 0 Å². The van der Waals surface area contributed by atoms with Crippen molar-refractivity contribution in [2.75, 3.05) is 10.6 Å². The van der Waals surface area contributed by atoms with Crippen LogP contribution in [0.2, 0.25) is 0 Å². The van der Waals surface area contributed by atoms with Crippen molar-refractivity contribution in [3.8, 4) is 5.75 Å². The predicted octanol–water partition coefficient (Wildman–Crippen LogP) is 3.66. The van der Waals surface area contributed by atoms with Gasteiger partial charge in [0.1, 0.15) is 18.0 Å². The first-order valence-corrected chi connectivity index (χ1v) is 9.20. The molecule has 4 N–H and O–H groups in total. The maximum absolute atomic E-state index is 12.5. The topological polar surface area (TPSA) is 111 Å². The van der Waals surface area contributed by atoms with E-state index in [1.54, 1.807) is 42.5 Å². The fraction of sp³-hybridized carbons (Fsp3) is 0.0455. The van der Waals surface area contributed by atoms with Gasteiger partial charge in [0.25, 0.3) is 5.91 Å². The van der Waals surface area contributed by atoms with E-state index in [1.807, 2.05) is 41.1 Å². The van der Waals surface area contributed by atoms with E-state index in [4.69, 9.17) is 10.5 Å². The number of imidazole rings is 1. The molecule has 0 unspecified atom stereocenters. The van der Waals surface area contributed by atoms with Crippen molar-refractivity contribution in [1.82, 2.24) is 9.38 Å². The highest BCUT2D eigenvalue weighted by Gasteiger charge is 2.08. The molecule has 0 bridgehead atoms. The van der Waals surface area contributed by atoms with Gasteiger partial charge < -0.3 is 25.5 Å². The molecule has 8 nitrogen and oxygen atoms in total. The van der Waals surface area contributed by atoms with E-state index in [0.29, 0.717) is 29.3 Å². The van der Waals surface area contributed by atoms with Gasteiger partial charge in [-0.15, -0.1) is 0 Å². The molecular formula is C22H19N5O3. The van der Waals surface area contributed by atoms with E-state index in [2.05, 4.69) is 15.6 Å². The second-order valence-electron chi connectivity index (χ2n) is 6.54. The molecule has 0 saturated carbocycles. The van der Waals surface area contributed by atoms with E-state index in [1.165, 1.54) is 0 Å². The van der Waals surface area contributed by atoms with Crippen LogP contribution in [-0.2, 0) is 6.61 Å². The molecule has 0 aliphatic rings. The zero-order valence-electron chi connectivity index (χ0n) is 15.9. The van der Waals surface area contributed by atoms with Crippen LogP contribution < -0.4 is 21.1 Å². The molecule has 0 radical (unpaired) electrons. The molecule has 8 heteroatoms. The SMILES string of the molecule is NC(=O)Nc1ccc(C(=O)Nc2cccc(OCc3cn4ccccc4n3)c2)cc1. The molecule has 0 atom stereocenters. The number of rotatable bonds is 6. The van der Waals surface area contributed by atoms with Crippen molar-refractivity contribution in [2.24, 2.45) is 5.73 Å². The predicted molar refractivity (Wildman–Crippen MR) is 114 cm³/mol. The van der Waals surface area contributed by atoms with Crippen LogP contribution in [0.15, 0.2) is 79.1 Å². The van der Waals surface area contributed by atoms with Crippen LogP contribution in [0, 0.1) is 0 Å². The van der Waals surface area contributed by atoms with Gasteiger partial charge in [0, 0.05) is 35.4 Å². The number of fused-ring (bicyclic) bond motifs is 1. The Morgan fingerprint density at radius 2 is 1.80 bits per heavy atom. The number of nitrogens with one attached hydrogen (secondary N) is 2. The van der Waals surface area contributed by atoms with Crippen molar-refractivity contribution in [3.05, 3.63) is 90.4 Å². The number of nitrogens with zero attached hydrogens (tertiary/aromatic N) is 2. The van der Waals surface area contributed by atoms with Gasteiger partial charge in [0.2, 0.25) is 0 Å². The Kier molecular flexibility index (Phi) is 5.29. The summed E-state index contributed by atoms with van der Waals surface area (Å²) >= 11 is 0. The molecule has 0 fully saturated rings. The number of ether oxygens (including phenoxy) is 1. The highest BCUT2D eigenvalue weighted by molar-refractivity contribution is 6.04. The van der Waals surface area contributed by atoms with E-state index >= 15 is 0 Å². The van der Waals surface area contributed by atoms with Gasteiger partial charge in [-0.3, -0.25) is 4.79 Å². The first-order valence-electron chi connectivity index (χ1n) is 9.20. The van der Waals surface area contributed by atoms with Crippen LogP contribution in [0.3, 0.4) is 0 Å². The van der Waals surface area contributed by atoms with Crippen molar-refractivity contribution < 1.29 is 14.3 Å². The van der Waals surface area contributed by atoms with Crippen molar-refractivity contribution in [3.63, 3.8) is 0 Å². The Hall–Kier alpha value is -4.33. The van der Waals surface area contributed by atoms with Crippen molar-refractivity contribution in [2.45, 2.75) is 6.61 Å². The molecule has 2 heterocycles. The highest BCUT2D eigenvalue weighted by Crippen LogP contribution is 2.20. The summed E-state index contributed by atoms with van der Waals surface area (Å²) in [7, 11) is 0. The number of carbonyl (C=O) groups excluding carboxylic acids is 2. The summed E-state index contributed by atoms with van der Waals surface area (Å²) in [5.74, 6) is 0.337. The Bertz CT molecular complexity index is 1170. The molecule has 30 heavy (non-hydrogen) atoms. The third kappa shape index (κ3) is 4.56. The van der Waals surface area contributed by atoms with Crippen LogP contribution in [-0.4, -0.2) is 21.3 Å². The number of benzene rings is 2. The minimum atomic E-state index is -0.660. The zero-order valence-corrected chi connectivity index (χ0v) is 15.9. The van der Waals surface area contributed by atoms with E-state index in [0.717, 1.165) is 11.3 Å².